The molecule has 134 valence electrons. The molecule has 0 fully saturated rings. The van der Waals surface area contributed by atoms with Crippen LogP contribution in [0, 0.1) is 0 Å². The maximum absolute atomic E-state index is 12.5. The molecule has 1 amide bonds. The summed E-state index contributed by atoms with van der Waals surface area (Å²) in [4.78, 5) is 16.5. The topological polar surface area (TPSA) is 85.8 Å². The average molecular weight is 359 g/mol. The van der Waals surface area contributed by atoms with Gasteiger partial charge in [0.15, 0.2) is 0 Å². The lowest BCUT2D eigenvalue weighted by atomic mass is 10.1. The fourth-order valence-corrected chi connectivity index (χ4v) is 2.77. The van der Waals surface area contributed by atoms with Crippen LogP contribution in [0.1, 0.15) is 28.9 Å². The SMILES string of the molecule is CC(NC(=O)c1ccc(-c2nnco2)cc1)c1ccc(-n2ccnc2)cc1. The summed E-state index contributed by atoms with van der Waals surface area (Å²) in [5, 5.41) is 10.5. The largest absolute Gasteiger partial charge is 0.423 e. The van der Waals surface area contributed by atoms with E-state index >= 15 is 0 Å². The van der Waals surface area contributed by atoms with Crippen LogP contribution in [0.4, 0.5) is 0 Å². The number of nitrogens with one attached hydrogen (secondary N) is 1. The molecule has 0 spiro atoms. The van der Waals surface area contributed by atoms with E-state index in [2.05, 4.69) is 20.5 Å². The van der Waals surface area contributed by atoms with Crippen molar-refractivity contribution in [3.05, 3.63) is 84.8 Å². The molecule has 27 heavy (non-hydrogen) atoms. The van der Waals surface area contributed by atoms with E-state index in [4.69, 9.17) is 4.42 Å². The molecule has 0 aliphatic heterocycles. The molecule has 2 heterocycles. The molecular weight excluding hydrogens is 342 g/mol. The van der Waals surface area contributed by atoms with E-state index < -0.39 is 0 Å². The Morgan fingerprint density at radius 3 is 2.52 bits per heavy atom. The number of amides is 1. The fraction of sp³-hybridized carbons (Fsp3) is 0.100. The highest BCUT2D eigenvalue weighted by atomic mass is 16.4. The van der Waals surface area contributed by atoms with Crippen LogP contribution in [0.5, 0.6) is 0 Å². The highest BCUT2D eigenvalue weighted by Crippen LogP contribution is 2.19. The normalized spacial score (nSPS) is 11.9. The number of carbonyl (C=O) groups is 1. The van der Waals surface area contributed by atoms with Gasteiger partial charge < -0.3 is 14.3 Å². The second-order valence-corrected chi connectivity index (χ2v) is 6.08. The lowest BCUT2D eigenvalue weighted by Gasteiger charge is -2.15. The zero-order chi connectivity index (χ0) is 18.6. The van der Waals surface area contributed by atoms with E-state index in [1.54, 1.807) is 36.8 Å². The third-order valence-corrected chi connectivity index (χ3v) is 4.30. The van der Waals surface area contributed by atoms with Crippen molar-refractivity contribution in [1.29, 1.82) is 0 Å². The summed E-state index contributed by atoms with van der Waals surface area (Å²) >= 11 is 0. The molecule has 2 aromatic carbocycles. The van der Waals surface area contributed by atoms with Gasteiger partial charge in [0.2, 0.25) is 12.3 Å². The van der Waals surface area contributed by atoms with Crippen LogP contribution in [0.2, 0.25) is 0 Å². The number of rotatable bonds is 5. The molecule has 1 unspecified atom stereocenters. The van der Waals surface area contributed by atoms with E-state index in [9.17, 15) is 4.79 Å². The summed E-state index contributed by atoms with van der Waals surface area (Å²) < 4.78 is 7.08. The maximum Gasteiger partial charge on any atom is 0.251 e. The summed E-state index contributed by atoms with van der Waals surface area (Å²) in [5.41, 5.74) is 3.38. The Balaban J connectivity index is 1.43. The molecule has 0 aliphatic carbocycles. The first-order valence-electron chi connectivity index (χ1n) is 8.46. The summed E-state index contributed by atoms with van der Waals surface area (Å²) in [6.45, 7) is 1.96. The highest BCUT2D eigenvalue weighted by molar-refractivity contribution is 5.94. The minimum absolute atomic E-state index is 0.120. The first-order chi connectivity index (χ1) is 13.2. The van der Waals surface area contributed by atoms with Crippen molar-refractivity contribution in [2.75, 3.05) is 0 Å². The second kappa shape index (κ2) is 7.25. The van der Waals surface area contributed by atoms with Gasteiger partial charge in [-0.25, -0.2) is 4.98 Å². The maximum atomic E-state index is 12.5. The number of benzene rings is 2. The van der Waals surface area contributed by atoms with Crippen LogP contribution < -0.4 is 5.32 Å². The molecule has 2 aromatic heterocycles. The van der Waals surface area contributed by atoms with Crippen molar-refractivity contribution in [2.24, 2.45) is 0 Å². The standard InChI is InChI=1S/C20H17N5O2/c1-14(15-6-8-18(9-7-15)25-11-10-21-12-25)23-19(26)16-2-4-17(5-3-16)20-24-22-13-27-20/h2-14H,1H3,(H,23,26). The lowest BCUT2D eigenvalue weighted by Crippen LogP contribution is -2.26. The first kappa shape index (κ1) is 16.7. The molecule has 0 aliphatic rings. The summed E-state index contributed by atoms with van der Waals surface area (Å²) in [6, 6.07) is 14.9. The van der Waals surface area contributed by atoms with Gasteiger partial charge in [0.25, 0.3) is 5.91 Å². The monoisotopic (exact) mass is 359 g/mol. The summed E-state index contributed by atoms with van der Waals surface area (Å²) in [5.74, 6) is 0.284. The Labute approximate surface area is 155 Å². The second-order valence-electron chi connectivity index (χ2n) is 6.08. The van der Waals surface area contributed by atoms with E-state index in [-0.39, 0.29) is 11.9 Å². The molecule has 0 radical (unpaired) electrons. The van der Waals surface area contributed by atoms with E-state index in [1.807, 2.05) is 42.0 Å². The molecule has 1 atom stereocenters. The number of hydrogen-bond acceptors (Lipinski definition) is 5. The lowest BCUT2D eigenvalue weighted by molar-refractivity contribution is 0.0940. The Morgan fingerprint density at radius 1 is 1.11 bits per heavy atom. The summed E-state index contributed by atoms with van der Waals surface area (Å²) in [7, 11) is 0. The summed E-state index contributed by atoms with van der Waals surface area (Å²) in [6.07, 6.45) is 6.65. The minimum Gasteiger partial charge on any atom is -0.423 e. The zero-order valence-electron chi connectivity index (χ0n) is 14.6. The Kier molecular flexibility index (Phi) is 4.49. The van der Waals surface area contributed by atoms with Gasteiger partial charge >= 0.3 is 0 Å². The third-order valence-electron chi connectivity index (χ3n) is 4.30. The van der Waals surface area contributed by atoms with Crippen molar-refractivity contribution < 1.29 is 9.21 Å². The van der Waals surface area contributed by atoms with Gasteiger partial charge in [-0.15, -0.1) is 10.2 Å². The Morgan fingerprint density at radius 2 is 1.89 bits per heavy atom. The van der Waals surface area contributed by atoms with Gasteiger partial charge in [-0.1, -0.05) is 12.1 Å². The molecule has 4 aromatic rings. The first-order valence-corrected chi connectivity index (χ1v) is 8.46. The van der Waals surface area contributed by atoms with Gasteiger partial charge in [-0.05, 0) is 48.9 Å². The fourth-order valence-electron chi connectivity index (χ4n) is 2.77. The van der Waals surface area contributed by atoms with Crippen molar-refractivity contribution in [2.45, 2.75) is 13.0 Å². The average Bonchev–Trinajstić information content (AvgIpc) is 3.42. The van der Waals surface area contributed by atoms with Crippen LogP contribution in [-0.4, -0.2) is 25.7 Å². The van der Waals surface area contributed by atoms with Crippen LogP contribution in [0.15, 0.2) is 78.1 Å². The number of imidazole rings is 1. The molecule has 7 heteroatoms. The van der Waals surface area contributed by atoms with Gasteiger partial charge in [-0.3, -0.25) is 4.79 Å². The smallest absolute Gasteiger partial charge is 0.251 e. The minimum atomic E-state index is -0.140. The van der Waals surface area contributed by atoms with Crippen LogP contribution in [0.25, 0.3) is 17.1 Å². The quantitative estimate of drug-likeness (QED) is 0.590. The zero-order valence-corrected chi connectivity index (χ0v) is 14.6. The van der Waals surface area contributed by atoms with Gasteiger partial charge in [0, 0.05) is 29.2 Å². The highest BCUT2D eigenvalue weighted by Gasteiger charge is 2.12. The van der Waals surface area contributed by atoms with Crippen molar-refractivity contribution in [1.82, 2.24) is 25.1 Å². The molecule has 0 bridgehead atoms. The van der Waals surface area contributed by atoms with E-state index in [0.29, 0.717) is 11.5 Å². The molecule has 7 nitrogen and oxygen atoms in total. The molecule has 0 saturated carbocycles. The van der Waals surface area contributed by atoms with E-state index in [1.165, 1.54) is 6.39 Å². The van der Waals surface area contributed by atoms with Crippen molar-refractivity contribution >= 4 is 5.91 Å². The number of nitrogens with zero attached hydrogens (tertiary/aromatic N) is 4. The Hall–Kier alpha value is -3.74. The van der Waals surface area contributed by atoms with Gasteiger partial charge in [-0.2, -0.15) is 0 Å². The van der Waals surface area contributed by atoms with Gasteiger partial charge in [0.1, 0.15) is 0 Å². The third kappa shape index (κ3) is 3.62. The predicted octanol–water partition coefficient (Wildman–Crippen LogP) is 3.41. The number of hydrogen-bond donors (Lipinski definition) is 1. The van der Waals surface area contributed by atoms with Gasteiger partial charge in [0.05, 0.1) is 12.4 Å². The van der Waals surface area contributed by atoms with Crippen molar-refractivity contribution in [3.63, 3.8) is 0 Å². The predicted molar refractivity (Wildman–Crippen MR) is 99.2 cm³/mol. The van der Waals surface area contributed by atoms with Crippen LogP contribution >= 0.6 is 0 Å². The molecule has 1 N–H and O–H groups in total. The number of carbonyl (C=O) groups excluding carboxylic acids is 1. The molecule has 4 rings (SSSR count). The number of aromatic nitrogens is 4. The van der Waals surface area contributed by atoms with Crippen molar-refractivity contribution in [3.8, 4) is 17.1 Å². The van der Waals surface area contributed by atoms with Crippen LogP contribution in [0.3, 0.4) is 0 Å². The molecular formula is C20H17N5O2. The van der Waals surface area contributed by atoms with E-state index in [0.717, 1.165) is 16.8 Å². The van der Waals surface area contributed by atoms with Crippen LogP contribution in [-0.2, 0) is 0 Å². The Bertz CT molecular complexity index is 1010. The molecule has 0 saturated heterocycles.